The van der Waals surface area contributed by atoms with Gasteiger partial charge in [0.05, 0.1) is 17.2 Å². The number of rotatable bonds is 2. The average Bonchev–Trinajstić information content (AvgIpc) is 3.59. The van der Waals surface area contributed by atoms with Gasteiger partial charge < -0.3 is 4.57 Å². The van der Waals surface area contributed by atoms with Gasteiger partial charge in [-0.2, -0.15) is 0 Å². The van der Waals surface area contributed by atoms with Crippen LogP contribution in [0.1, 0.15) is 0 Å². The maximum Gasteiger partial charge on any atom is 0.0724 e. The number of aromatic nitrogens is 2. The van der Waals surface area contributed by atoms with Crippen molar-refractivity contribution >= 4 is 85.6 Å². The minimum absolute atomic E-state index is 1.13. The summed E-state index contributed by atoms with van der Waals surface area (Å²) in [6.45, 7) is 0. The van der Waals surface area contributed by atoms with Crippen molar-refractivity contribution in [2.24, 2.45) is 0 Å². The van der Waals surface area contributed by atoms with Crippen molar-refractivity contribution in [2.75, 3.05) is 0 Å². The molecule has 0 aliphatic heterocycles. The zero-order valence-electron chi connectivity index (χ0n) is 22.5. The molecule has 194 valence electrons. The molecule has 42 heavy (non-hydrogen) atoms. The van der Waals surface area contributed by atoms with Gasteiger partial charge in [-0.3, -0.25) is 4.98 Å². The van der Waals surface area contributed by atoms with E-state index >= 15 is 0 Å². The Bertz CT molecular complexity index is 2680. The van der Waals surface area contributed by atoms with Gasteiger partial charge in [0.25, 0.3) is 0 Å². The number of hydrogen-bond acceptors (Lipinski definition) is 2. The minimum Gasteiger partial charge on any atom is -0.308 e. The molecule has 0 aliphatic rings. The fourth-order valence-electron chi connectivity index (χ4n) is 7.28. The first kappa shape index (κ1) is 22.4. The van der Waals surface area contributed by atoms with Crippen LogP contribution >= 0.6 is 11.3 Å². The summed E-state index contributed by atoms with van der Waals surface area (Å²) in [6, 6.07) is 44.6. The Morgan fingerprint density at radius 3 is 2.24 bits per heavy atom. The lowest BCUT2D eigenvalue weighted by Gasteiger charge is -2.16. The first-order chi connectivity index (χ1) is 20.8. The van der Waals surface area contributed by atoms with Crippen molar-refractivity contribution in [3.8, 4) is 16.8 Å². The molecule has 0 fully saturated rings. The Balaban J connectivity index is 1.35. The van der Waals surface area contributed by atoms with Crippen molar-refractivity contribution in [2.45, 2.75) is 0 Å². The molecule has 0 aliphatic carbocycles. The van der Waals surface area contributed by atoms with Crippen LogP contribution in [0.25, 0.3) is 91.1 Å². The highest BCUT2D eigenvalue weighted by Gasteiger charge is 2.20. The third kappa shape index (κ3) is 2.85. The molecule has 2 nitrogen and oxygen atoms in total. The maximum absolute atomic E-state index is 4.53. The van der Waals surface area contributed by atoms with Crippen molar-refractivity contribution in [1.29, 1.82) is 0 Å². The van der Waals surface area contributed by atoms with E-state index in [0.717, 1.165) is 11.2 Å². The molecule has 0 N–H and O–H groups in total. The van der Waals surface area contributed by atoms with Crippen molar-refractivity contribution in [3.05, 3.63) is 134 Å². The number of nitrogens with zero attached hydrogens (tertiary/aromatic N) is 2. The van der Waals surface area contributed by atoms with Crippen LogP contribution in [0.15, 0.2) is 134 Å². The molecule has 0 amide bonds. The molecule has 0 saturated heterocycles. The molecule has 7 aromatic carbocycles. The van der Waals surface area contributed by atoms with E-state index in [9.17, 15) is 0 Å². The second-order valence-corrected chi connectivity index (χ2v) is 12.2. The molecule has 0 spiro atoms. The molecule has 10 aromatic rings. The van der Waals surface area contributed by atoms with E-state index in [2.05, 4.69) is 131 Å². The van der Waals surface area contributed by atoms with Gasteiger partial charge in [-0.1, -0.05) is 91.0 Å². The quantitative estimate of drug-likeness (QED) is 0.196. The molecule has 10 rings (SSSR count). The summed E-state index contributed by atoms with van der Waals surface area (Å²) in [6.07, 6.45) is 3.92. The highest BCUT2D eigenvalue weighted by Crippen LogP contribution is 2.47. The molecule has 3 heteroatoms. The summed E-state index contributed by atoms with van der Waals surface area (Å²) >= 11 is 1.90. The average molecular weight is 551 g/mol. The van der Waals surface area contributed by atoms with E-state index in [4.69, 9.17) is 0 Å². The number of para-hydroxylation sites is 1. The van der Waals surface area contributed by atoms with Gasteiger partial charge in [-0.15, -0.1) is 11.3 Å². The monoisotopic (exact) mass is 550 g/mol. The predicted octanol–water partition coefficient (Wildman–Crippen LogP) is 11.1. The zero-order chi connectivity index (χ0) is 27.4. The van der Waals surface area contributed by atoms with Crippen LogP contribution in [0.5, 0.6) is 0 Å². The van der Waals surface area contributed by atoms with E-state index in [1.165, 1.54) is 79.9 Å². The first-order valence-corrected chi connectivity index (χ1v) is 15.1. The smallest absolute Gasteiger partial charge is 0.0724 e. The van der Waals surface area contributed by atoms with Crippen LogP contribution in [-0.2, 0) is 0 Å². The van der Waals surface area contributed by atoms with Crippen LogP contribution < -0.4 is 0 Å². The third-order valence-corrected chi connectivity index (χ3v) is 10.2. The highest BCUT2D eigenvalue weighted by atomic mass is 32.1. The summed E-state index contributed by atoms with van der Waals surface area (Å²) in [4.78, 5) is 4.53. The largest absolute Gasteiger partial charge is 0.308 e. The van der Waals surface area contributed by atoms with E-state index in [1.54, 1.807) is 0 Å². The molecule has 0 bridgehead atoms. The van der Waals surface area contributed by atoms with Crippen molar-refractivity contribution in [3.63, 3.8) is 0 Å². The molecule has 0 unspecified atom stereocenters. The van der Waals surface area contributed by atoms with Gasteiger partial charge in [0.1, 0.15) is 0 Å². The topological polar surface area (TPSA) is 17.8 Å². The molecular formula is C39H22N2S. The van der Waals surface area contributed by atoms with Gasteiger partial charge in [-0.05, 0) is 68.2 Å². The molecule has 0 radical (unpaired) electrons. The van der Waals surface area contributed by atoms with Gasteiger partial charge in [0.2, 0.25) is 0 Å². The standard InChI is InChI=1S/C39H22N2S/c1-2-7-25(8-3-1)41-33-21-24-15-17-28-26(29-10-6-11-30-27-9-4-5-12-35(27)42-39(29)30)16-13-23-14-18-32(37(24)36(23)28)38(33)31-19-20-40-22-34(31)41/h1-22H. The van der Waals surface area contributed by atoms with Crippen LogP contribution in [0.2, 0.25) is 0 Å². The molecule has 0 saturated carbocycles. The zero-order valence-corrected chi connectivity index (χ0v) is 23.3. The van der Waals surface area contributed by atoms with Crippen LogP contribution in [0, 0.1) is 0 Å². The second kappa shape index (κ2) is 8.16. The van der Waals surface area contributed by atoms with E-state index in [-0.39, 0.29) is 0 Å². The van der Waals surface area contributed by atoms with E-state index < -0.39 is 0 Å². The number of hydrogen-bond donors (Lipinski definition) is 0. The Morgan fingerprint density at radius 1 is 0.500 bits per heavy atom. The normalized spacial score (nSPS) is 12.3. The molecule has 3 aromatic heterocycles. The summed E-state index contributed by atoms with van der Waals surface area (Å²) in [5.74, 6) is 0. The fourth-order valence-corrected chi connectivity index (χ4v) is 8.51. The van der Waals surface area contributed by atoms with Crippen molar-refractivity contribution < 1.29 is 0 Å². The van der Waals surface area contributed by atoms with Crippen LogP contribution in [-0.4, -0.2) is 9.55 Å². The Labute approximate surface area is 245 Å². The third-order valence-electron chi connectivity index (χ3n) is 9.02. The lowest BCUT2D eigenvalue weighted by molar-refractivity contribution is 1.17. The number of pyridine rings is 1. The minimum atomic E-state index is 1.13. The van der Waals surface area contributed by atoms with E-state index in [1.807, 2.05) is 23.7 Å². The Morgan fingerprint density at radius 2 is 1.29 bits per heavy atom. The summed E-state index contributed by atoms with van der Waals surface area (Å²) in [5, 5.41) is 13.0. The summed E-state index contributed by atoms with van der Waals surface area (Å²) in [7, 11) is 0. The van der Waals surface area contributed by atoms with Crippen LogP contribution in [0.3, 0.4) is 0 Å². The summed E-state index contributed by atoms with van der Waals surface area (Å²) < 4.78 is 5.05. The Kier molecular flexibility index (Phi) is 4.36. The van der Waals surface area contributed by atoms with E-state index in [0.29, 0.717) is 0 Å². The lowest BCUT2D eigenvalue weighted by atomic mass is 9.88. The SMILES string of the molecule is c1ccc(-n2c3cnccc3c3c4ccc5ccc(-c6cccc7c6sc6ccccc67)c6ccc(cc32)c4c56)cc1. The van der Waals surface area contributed by atoms with Gasteiger partial charge in [0, 0.05) is 48.4 Å². The Hall–Kier alpha value is -5.25. The predicted molar refractivity (Wildman–Crippen MR) is 181 cm³/mol. The number of benzene rings is 7. The summed E-state index contributed by atoms with van der Waals surface area (Å²) in [5.41, 5.74) is 6.10. The maximum atomic E-state index is 4.53. The molecule has 0 atom stereocenters. The van der Waals surface area contributed by atoms with Crippen molar-refractivity contribution in [1.82, 2.24) is 9.55 Å². The number of thiophene rings is 1. The van der Waals surface area contributed by atoms with Gasteiger partial charge in [-0.25, -0.2) is 0 Å². The second-order valence-electron chi connectivity index (χ2n) is 11.2. The fraction of sp³-hybridized carbons (Fsp3) is 0. The molecule has 3 heterocycles. The van der Waals surface area contributed by atoms with Crippen LogP contribution in [0.4, 0.5) is 0 Å². The van der Waals surface area contributed by atoms with Gasteiger partial charge in [0.15, 0.2) is 0 Å². The molecular weight excluding hydrogens is 529 g/mol. The first-order valence-electron chi connectivity index (χ1n) is 14.3. The lowest BCUT2D eigenvalue weighted by Crippen LogP contribution is -1.94. The highest BCUT2D eigenvalue weighted by molar-refractivity contribution is 7.26. The number of fused-ring (bicyclic) bond motifs is 7. The van der Waals surface area contributed by atoms with Gasteiger partial charge >= 0.3 is 0 Å².